The number of carbonyl (C=O) groups is 1. The molecule has 0 unspecified atom stereocenters. The van der Waals surface area contributed by atoms with Crippen molar-refractivity contribution >= 4 is 42.4 Å². The summed E-state index contributed by atoms with van der Waals surface area (Å²) in [6, 6.07) is 15.7. The number of ether oxygens (including phenoxy) is 1. The molecule has 33 heavy (non-hydrogen) atoms. The highest BCUT2D eigenvalue weighted by Gasteiger charge is 2.24. The van der Waals surface area contributed by atoms with E-state index < -0.39 is 9.84 Å². The van der Waals surface area contributed by atoms with Crippen molar-refractivity contribution in [3.05, 3.63) is 72.2 Å². The predicted octanol–water partition coefficient (Wildman–Crippen LogP) is 4.86. The van der Waals surface area contributed by atoms with Gasteiger partial charge in [-0.05, 0) is 60.5 Å². The largest absolute Gasteiger partial charge is 0.497 e. The average Bonchev–Trinajstić information content (AvgIpc) is 3.50. The molecule has 0 aliphatic heterocycles. The molecule has 172 valence electrons. The van der Waals surface area contributed by atoms with Crippen molar-refractivity contribution in [2.75, 3.05) is 17.8 Å². The Hall–Kier alpha value is -3.17. The molecule has 2 heterocycles. The van der Waals surface area contributed by atoms with Crippen LogP contribution < -0.4 is 9.64 Å². The standard InChI is InChI=1S/C24H24N2O5S2/c1-3-17-6-11-21-22(15-17)32-24(25-21)26(16-19-5-4-13-31-19)23(27)12-14-33(28,29)20-9-7-18(30-2)8-10-20/h4-11,13,15H,3,12,14,16H2,1-2H3. The van der Waals surface area contributed by atoms with E-state index >= 15 is 0 Å². The van der Waals surface area contributed by atoms with Crippen LogP contribution in [0.3, 0.4) is 0 Å². The third kappa shape index (κ3) is 5.26. The van der Waals surface area contributed by atoms with Gasteiger partial charge in [0.25, 0.3) is 0 Å². The van der Waals surface area contributed by atoms with Crippen LogP contribution >= 0.6 is 11.3 Å². The molecule has 1 amide bonds. The van der Waals surface area contributed by atoms with E-state index in [0.717, 1.165) is 16.6 Å². The maximum Gasteiger partial charge on any atom is 0.230 e. The molecular weight excluding hydrogens is 460 g/mol. The summed E-state index contributed by atoms with van der Waals surface area (Å²) in [7, 11) is -2.12. The van der Waals surface area contributed by atoms with Crippen LogP contribution in [-0.2, 0) is 27.6 Å². The number of furan rings is 1. The van der Waals surface area contributed by atoms with Gasteiger partial charge < -0.3 is 9.15 Å². The van der Waals surface area contributed by atoms with Crippen molar-refractivity contribution in [1.29, 1.82) is 0 Å². The van der Waals surface area contributed by atoms with Gasteiger partial charge in [-0.15, -0.1) is 0 Å². The summed E-state index contributed by atoms with van der Waals surface area (Å²) in [6.07, 6.45) is 2.27. The second kappa shape index (κ2) is 9.76. The smallest absolute Gasteiger partial charge is 0.230 e. The van der Waals surface area contributed by atoms with Crippen molar-refractivity contribution in [2.24, 2.45) is 0 Å². The SMILES string of the molecule is CCc1ccc2nc(N(Cc3ccco3)C(=O)CCS(=O)(=O)c3ccc(OC)cc3)sc2c1. The van der Waals surface area contributed by atoms with Crippen LogP contribution in [0, 0.1) is 0 Å². The normalized spacial score (nSPS) is 11.6. The Labute approximate surface area is 196 Å². The first kappa shape index (κ1) is 23.0. The topological polar surface area (TPSA) is 89.7 Å². The molecule has 2 aromatic heterocycles. The average molecular weight is 485 g/mol. The third-order valence-electron chi connectivity index (χ3n) is 5.28. The molecule has 0 bridgehead atoms. The Kier molecular flexibility index (Phi) is 6.80. The van der Waals surface area contributed by atoms with Gasteiger partial charge in [-0.3, -0.25) is 9.69 Å². The molecule has 0 spiro atoms. The van der Waals surface area contributed by atoms with Gasteiger partial charge in [0.1, 0.15) is 11.5 Å². The summed E-state index contributed by atoms with van der Waals surface area (Å²) in [5.41, 5.74) is 1.99. The van der Waals surface area contributed by atoms with Crippen LogP contribution in [-0.4, -0.2) is 32.2 Å². The number of anilines is 1. The number of rotatable bonds is 9. The quantitative estimate of drug-likeness (QED) is 0.337. The minimum Gasteiger partial charge on any atom is -0.497 e. The maximum atomic E-state index is 13.2. The fourth-order valence-corrected chi connectivity index (χ4v) is 5.65. The van der Waals surface area contributed by atoms with Crippen molar-refractivity contribution in [3.8, 4) is 5.75 Å². The monoisotopic (exact) mass is 484 g/mol. The van der Waals surface area contributed by atoms with E-state index in [1.54, 1.807) is 24.3 Å². The molecule has 0 atom stereocenters. The summed E-state index contributed by atoms with van der Waals surface area (Å²) < 4.78 is 37.1. The number of carbonyl (C=O) groups excluding carboxylic acids is 1. The van der Waals surface area contributed by atoms with Crippen LogP contribution in [0.25, 0.3) is 10.2 Å². The summed E-state index contributed by atoms with van der Waals surface area (Å²) in [5.74, 6) is 0.516. The lowest BCUT2D eigenvalue weighted by molar-refractivity contribution is -0.118. The lowest BCUT2D eigenvalue weighted by Crippen LogP contribution is -2.31. The predicted molar refractivity (Wildman–Crippen MR) is 129 cm³/mol. The zero-order chi connectivity index (χ0) is 23.4. The van der Waals surface area contributed by atoms with Crippen molar-refractivity contribution in [2.45, 2.75) is 31.2 Å². The number of aryl methyl sites for hydroxylation is 1. The Morgan fingerprint density at radius 1 is 1.15 bits per heavy atom. The molecule has 0 saturated heterocycles. The molecule has 4 aromatic rings. The molecule has 0 saturated carbocycles. The molecule has 0 N–H and O–H groups in total. The first-order valence-electron chi connectivity index (χ1n) is 10.5. The molecule has 0 radical (unpaired) electrons. The number of sulfone groups is 1. The van der Waals surface area contributed by atoms with E-state index in [0.29, 0.717) is 16.6 Å². The molecule has 0 fully saturated rings. The summed E-state index contributed by atoms with van der Waals surface area (Å²) in [5, 5.41) is 0.515. The zero-order valence-electron chi connectivity index (χ0n) is 18.4. The number of fused-ring (bicyclic) bond motifs is 1. The fourth-order valence-electron chi connectivity index (χ4n) is 3.37. The van der Waals surface area contributed by atoms with Crippen LogP contribution in [0.5, 0.6) is 5.75 Å². The molecular formula is C24H24N2O5S2. The Morgan fingerprint density at radius 2 is 1.94 bits per heavy atom. The van der Waals surface area contributed by atoms with Crippen molar-refractivity contribution in [1.82, 2.24) is 4.98 Å². The second-order valence-electron chi connectivity index (χ2n) is 7.46. The molecule has 2 aromatic carbocycles. The molecule has 4 rings (SSSR count). The highest BCUT2D eigenvalue weighted by atomic mass is 32.2. The minimum absolute atomic E-state index is 0.153. The van der Waals surface area contributed by atoms with E-state index in [9.17, 15) is 13.2 Å². The Morgan fingerprint density at radius 3 is 2.61 bits per heavy atom. The number of hydrogen-bond acceptors (Lipinski definition) is 7. The number of methoxy groups -OCH3 is 1. The third-order valence-corrected chi connectivity index (χ3v) is 8.05. The number of benzene rings is 2. The van der Waals surface area contributed by atoms with Gasteiger partial charge in [-0.1, -0.05) is 24.3 Å². The zero-order valence-corrected chi connectivity index (χ0v) is 20.0. The van der Waals surface area contributed by atoms with Gasteiger partial charge in [0.05, 0.1) is 40.8 Å². The van der Waals surface area contributed by atoms with Gasteiger partial charge in [0.2, 0.25) is 5.91 Å². The lowest BCUT2D eigenvalue weighted by atomic mass is 10.2. The van der Waals surface area contributed by atoms with Gasteiger partial charge in [-0.25, -0.2) is 13.4 Å². The first-order valence-corrected chi connectivity index (χ1v) is 13.0. The van der Waals surface area contributed by atoms with Crippen LogP contribution in [0.4, 0.5) is 5.13 Å². The highest BCUT2D eigenvalue weighted by Crippen LogP contribution is 2.31. The number of amides is 1. The molecule has 9 heteroatoms. The highest BCUT2D eigenvalue weighted by molar-refractivity contribution is 7.91. The first-order chi connectivity index (χ1) is 15.9. The van der Waals surface area contributed by atoms with Gasteiger partial charge in [0.15, 0.2) is 15.0 Å². The number of hydrogen-bond donors (Lipinski definition) is 0. The summed E-state index contributed by atoms with van der Waals surface area (Å²) in [6.45, 7) is 2.26. The Balaban J connectivity index is 1.57. The van der Waals surface area contributed by atoms with Gasteiger partial charge >= 0.3 is 0 Å². The van der Waals surface area contributed by atoms with E-state index in [-0.39, 0.29) is 29.5 Å². The van der Waals surface area contributed by atoms with Gasteiger partial charge in [-0.2, -0.15) is 0 Å². The van der Waals surface area contributed by atoms with Crippen LogP contribution in [0.1, 0.15) is 24.7 Å². The second-order valence-corrected chi connectivity index (χ2v) is 10.6. The lowest BCUT2D eigenvalue weighted by Gasteiger charge is -2.18. The van der Waals surface area contributed by atoms with Crippen LogP contribution in [0.15, 0.2) is 70.2 Å². The minimum atomic E-state index is -3.64. The molecule has 0 aliphatic carbocycles. The van der Waals surface area contributed by atoms with Crippen molar-refractivity contribution < 1.29 is 22.4 Å². The number of nitrogens with zero attached hydrogens (tertiary/aromatic N) is 2. The van der Waals surface area contributed by atoms with Crippen LogP contribution in [0.2, 0.25) is 0 Å². The number of aromatic nitrogens is 1. The maximum absolute atomic E-state index is 13.2. The van der Waals surface area contributed by atoms with E-state index in [1.165, 1.54) is 47.3 Å². The fraction of sp³-hybridized carbons (Fsp3) is 0.250. The molecule has 7 nitrogen and oxygen atoms in total. The van der Waals surface area contributed by atoms with E-state index in [4.69, 9.17) is 9.15 Å². The molecule has 0 aliphatic rings. The van der Waals surface area contributed by atoms with Gasteiger partial charge in [0, 0.05) is 6.42 Å². The summed E-state index contributed by atoms with van der Waals surface area (Å²) in [4.78, 5) is 19.5. The number of thiazole rings is 1. The van der Waals surface area contributed by atoms with E-state index in [1.807, 2.05) is 12.1 Å². The Bertz CT molecular complexity index is 1340. The summed E-state index contributed by atoms with van der Waals surface area (Å²) >= 11 is 1.41. The van der Waals surface area contributed by atoms with E-state index in [2.05, 4.69) is 18.0 Å². The van der Waals surface area contributed by atoms with Crippen molar-refractivity contribution in [3.63, 3.8) is 0 Å².